The van der Waals surface area contributed by atoms with Crippen molar-refractivity contribution in [1.82, 2.24) is 9.97 Å². The molecule has 2 saturated heterocycles. The molecule has 0 amide bonds. The lowest BCUT2D eigenvalue weighted by Crippen LogP contribution is -2.29. The number of pyridine rings is 2. The second-order valence-corrected chi connectivity index (χ2v) is 12.9. The molecule has 2 aromatic heterocycles. The summed E-state index contributed by atoms with van der Waals surface area (Å²) in [7, 11) is -2.05. The van der Waals surface area contributed by atoms with Gasteiger partial charge in [0.05, 0.1) is 44.1 Å². The summed E-state index contributed by atoms with van der Waals surface area (Å²) in [6, 6.07) is 7.13. The van der Waals surface area contributed by atoms with Gasteiger partial charge in [-0.3, -0.25) is 14.2 Å². The fraction of sp³-hybridized carbons (Fsp3) is 0.667. The zero-order chi connectivity index (χ0) is 31.3. The van der Waals surface area contributed by atoms with Crippen LogP contribution in [0, 0.1) is 0 Å². The lowest BCUT2D eigenvalue weighted by Gasteiger charge is -2.23. The van der Waals surface area contributed by atoms with Crippen molar-refractivity contribution in [2.75, 3.05) is 39.8 Å². The molecular weight excluding hydrogens is 580 g/mol. The van der Waals surface area contributed by atoms with Gasteiger partial charge in [-0.25, -0.2) is 0 Å². The maximum Gasteiger partial charge on any atom is 0.264 e. The highest BCUT2D eigenvalue weighted by molar-refractivity contribution is 7.85. The van der Waals surface area contributed by atoms with E-state index in [-0.39, 0.29) is 25.8 Å². The summed E-state index contributed by atoms with van der Waals surface area (Å²) in [5.41, 5.74) is 0.282. The number of methoxy groups -OCH3 is 1. The van der Waals surface area contributed by atoms with E-state index in [2.05, 4.69) is 14.2 Å². The zero-order valence-electron chi connectivity index (χ0n) is 25.6. The van der Waals surface area contributed by atoms with Gasteiger partial charge in [0, 0.05) is 43.8 Å². The molecule has 12 nitrogen and oxygen atoms in total. The molecule has 2 aliphatic heterocycles. The van der Waals surface area contributed by atoms with Crippen LogP contribution >= 0.6 is 0 Å². The molecule has 4 rings (SSSR count). The normalized spacial score (nSPS) is 22.1. The maximum absolute atomic E-state index is 11.0. The molecule has 2 fully saturated rings. The van der Waals surface area contributed by atoms with Gasteiger partial charge < -0.3 is 33.9 Å². The third-order valence-corrected chi connectivity index (χ3v) is 7.53. The van der Waals surface area contributed by atoms with Crippen LogP contribution in [-0.4, -0.2) is 81.0 Å². The molecule has 0 aliphatic carbocycles. The van der Waals surface area contributed by atoms with Crippen molar-refractivity contribution in [1.29, 1.82) is 0 Å². The van der Waals surface area contributed by atoms with Crippen molar-refractivity contribution in [3.05, 3.63) is 59.2 Å². The van der Waals surface area contributed by atoms with Crippen LogP contribution in [-0.2, 0) is 62.4 Å². The predicted octanol–water partition coefficient (Wildman–Crippen LogP) is 3.29. The van der Waals surface area contributed by atoms with Crippen LogP contribution in [0.3, 0.4) is 0 Å². The molecule has 4 atom stereocenters. The first-order valence-corrected chi connectivity index (χ1v) is 16.3. The van der Waals surface area contributed by atoms with Crippen molar-refractivity contribution >= 4 is 10.1 Å². The van der Waals surface area contributed by atoms with Crippen LogP contribution in [0.2, 0.25) is 0 Å². The second-order valence-electron chi connectivity index (χ2n) is 11.2. The molecule has 0 aromatic carbocycles. The van der Waals surface area contributed by atoms with Crippen LogP contribution in [0.15, 0.2) is 36.7 Å². The third-order valence-electron chi connectivity index (χ3n) is 6.98. The Morgan fingerprint density at radius 2 is 1.28 bits per heavy atom. The molecule has 4 heterocycles. The van der Waals surface area contributed by atoms with E-state index in [1.54, 1.807) is 32.4 Å². The Morgan fingerprint density at radius 1 is 0.814 bits per heavy atom. The predicted molar refractivity (Wildman–Crippen MR) is 157 cm³/mol. The van der Waals surface area contributed by atoms with Crippen molar-refractivity contribution in [3.8, 4) is 0 Å². The Bertz CT molecular complexity index is 1180. The largest absolute Gasteiger partial charge is 0.383 e. The van der Waals surface area contributed by atoms with E-state index in [4.69, 9.17) is 23.7 Å². The van der Waals surface area contributed by atoms with Crippen molar-refractivity contribution in [3.63, 3.8) is 0 Å². The Kier molecular flexibility index (Phi) is 13.9. The minimum absolute atomic E-state index is 0.109. The molecule has 13 heteroatoms. The van der Waals surface area contributed by atoms with Gasteiger partial charge in [0.1, 0.15) is 11.2 Å². The van der Waals surface area contributed by atoms with Gasteiger partial charge >= 0.3 is 0 Å². The average molecular weight is 627 g/mol. The van der Waals surface area contributed by atoms with Gasteiger partial charge in [0.15, 0.2) is 12.6 Å². The van der Waals surface area contributed by atoms with Crippen molar-refractivity contribution < 1.29 is 46.5 Å². The smallest absolute Gasteiger partial charge is 0.264 e. The average Bonchev–Trinajstić information content (AvgIpc) is 2.99. The maximum atomic E-state index is 11.0. The Hall–Kier alpha value is -2.07. The first-order valence-electron chi connectivity index (χ1n) is 14.5. The fourth-order valence-corrected chi connectivity index (χ4v) is 4.81. The van der Waals surface area contributed by atoms with Crippen LogP contribution in [0.1, 0.15) is 74.9 Å². The monoisotopic (exact) mass is 626 g/mol. The standard InChI is InChI=1S/C15H23NO6S.C15H23NO4/c1-15(17,11-22-23(2,18)19)12-6-7-13(16-9-12)10-21-14-5-3-4-8-20-14;1-15(17,11-18-2)12-6-7-13(16-9-12)10-20-14-5-3-4-8-19-14/h6-7,9,14,17H,3-5,8,10-11H2,1-2H3;6-7,9,14,17H,3-5,8,10-11H2,1-2H3/t2*14?,15-/m11/s1. The number of ether oxygens (including phenoxy) is 5. The van der Waals surface area contributed by atoms with Gasteiger partial charge in [-0.15, -0.1) is 0 Å². The zero-order valence-corrected chi connectivity index (χ0v) is 26.4. The molecule has 2 unspecified atom stereocenters. The van der Waals surface area contributed by atoms with Crippen LogP contribution in [0.25, 0.3) is 0 Å². The molecule has 0 bridgehead atoms. The Balaban J connectivity index is 0.000000238. The van der Waals surface area contributed by atoms with E-state index in [1.165, 1.54) is 13.1 Å². The summed E-state index contributed by atoms with van der Waals surface area (Å²) in [4.78, 5) is 8.54. The third kappa shape index (κ3) is 12.8. The molecular formula is C30H46N2O10S. The summed E-state index contributed by atoms with van der Waals surface area (Å²) in [6.07, 6.45) is 10.1. The topological polar surface area (TPSA) is 156 Å². The highest BCUT2D eigenvalue weighted by Crippen LogP contribution is 2.23. The number of aliphatic hydroxyl groups is 2. The number of hydrogen-bond acceptors (Lipinski definition) is 12. The van der Waals surface area contributed by atoms with E-state index in [1.807, 2.05) is 12.1 Å². The Labute approximate surface area is 254 Å². The van der Waals surface area contributed by atoms with Gasteiger partial charge in [-0.1, -0.05) is 12.1 Å². The summed E-state index contributed by atoms with van der Waals surface area (Å²) in [5, 5.41) is 20.5. The quantitative estimate of drug-likeness (QED) is 0.313. The van der Waals surface area contributed by atoms with E-state index in [0.29, 0.717) is 24.5 Å². The molecule has 242 valence electrons. The molecule has 0 spiro atoms. The molecule has 2 N–H and O–H groups in total. The Morgan fingerprint density at radius 3 is 1.63 bits per heavy atom. The number of aromatic nitrogens is 2. The summed E-state index contributed by atoms with van der Waals surface area (Å²) in [6.45, 7) is 5.31. The number of rotatable bonds is 13. The molecule has 2 aliphatic rings. The summed E-state index contributed by atoms with van der Waals surface area (Å²) >= 11 is 0. The van der Waals surface area contributed by atoms with E-state index in [9.17, 15) is 18.6 Å². The number of hydrogen-bond donors (Lipinski definition) is 2. The first kappa shape index (κ1) is 35.4. The van der Waals surface area contributed by atoms with Crippen LogP contribution < -0.4 is 0 Å². The van der Waals surface area contributed by atoms with Gasteiger partial charge in [-0.05, 0) is 64.5 Å². The molecule has 43 heavy (non-hydrogen) atoms. The van der Waals surface area contributed by atoms with Gasteiger partial charge in [0.25, 0.3) is 10.1 Å². The van der Waals surface area contributed by atoms with Crippen LogP contribution in [0.4, 0.5) is 0 Å². The number of nitrogens with zero attached hydrogens (tertiary/aromatic N) is 2. The lowest BCUT2D eigenvalue weighted by atomic mass is 9.99. The summed E-state index contributed by atoms with van der Waals surface area (Å²) < 4.78 is 54.0. The van der Waals surface area contributed by atoms with Crippen molar-refractivity contribution in [2.45, 2.75) is 89.4 Å². The SMILES string of the molecule is COC[C@@](C)(O)c1ccc(COC2CCCCO2)nc1.C[C@@](O)(COS(C)(=O)=O)c1ccc(COC2CCCCO2)nc1. The first-order chi connectivity index (χ1) is 20.4. The minimum atomic E-state index is -3.61. The van der Waals surface area contributed by atoms with Crippen molar-refractivity contribution in [2.24, 2.45) is 0 Å². The van der Waals surface area contributed by atoms with Crippen LogP contribution in [0.5, 0.6) is 0 Å². The second kappa shape index (κ2) is 16.8. The van der Waals surface area contributed by atoms with E-state index >= 15 is 0 Å². The molecule has 0 radical (unpaired) electrons. The van der Waals surface area contributed by atoms with Gasteiger partial charge in [0.2, 0.25) is 0 Å². The van der Waals surface area contributed by atoms with Gasteiger partial charge in [-0.2, -0.15) is 8.42 Å². The highest BCUT2D eigenvalue weighted by atomic mass is 32.2. The minimum Gasteiger partial charge on any atom is -0.383 e. The lowest BCUT2D eigenvalue weighted by molar-refractivity contribution is -0.169. The molecule has 2 aromatic rings. The summed E-state index contributed by atoms with van der Waals surface area (Å²) in [5.74, 6) is 0. The van der Waals surface area contributed by atoms with E-state index in [0.717, 1.165) is 69.3 Å². The van der Waals surface area contributed by atoms with E-state index < -0.39 is 21.3 Å². The highest BCUT2D eigenvalue weighted by Gasteiger charge is 2.26. The fourth-order valence-electron chi connectivity index (χ4n) is 4.37. The molecule has 0 saturated carbocycles.